The van der Waals surface area contributed by atoms with Crippen molar-refractivity contribution < 1.29 is 9.53 Å². The number of hydrogen-bond donors (Lipinski definition) is 1. The minimum absolute atomic E-state index is 0.00294. The number of benzene rings is 3. The number of ether oxygens (including phenoxy) is 1. The Balaban J connectivity index is 1.33. The largest absolute Gasteiger partial charge is 0.457 e. The smallest absolute Gasteiger partial charge is 0.232 e. The number of anilines is 1. The molecule has 1 saturated heterocycles. The first-order chi connectivity index (χ1) is 14.3. The Bertz CT molecular complexity index is 978. The third-order valence-corrected chi connectivity index (χ3v) is 5.82. The van der Waals surface area contributed by atoms with Crippen molar-refractivity contribution in [2.45, 2.75) is 25.3 Å². The molecule has 2 heterocycles. The van der Waals surface area contributed by atoms with E-state index in [1.165, 1.54) is 18.5 Å². The molecule has 0 bridgehead atoms. The molecular formula is C25H24N2O2. The predicted molar refractivity (Wildman–Crippen MR) is 115 cm³/mol. The average molecular weight is 384 g/mol. The van der Waals surface area contributed by atoms with Crippen LogP contribution in [-0.4, -0.2) is 19.0 Å². The number of para-hydroxylation sites is 2. The summed E-state index contributed by atoms with van der Waals surface area (Å²) in [5, 5.41) is 3.13. The average Bonchev–Trinajstić information content (AvgIpc) is 3.31. The summed E-state index contributed by atoms with van der Waals surface area (Å²) in [6, 6.07) is 24.1. The molecule has 0 aromatic heterocycles. The van der Waals surface area contributed by atoms with Crippen LogP contribution in [0.4, 0.5) is 5.69 Å². The summed E-state index contributed by atoms with van der Waals surface area (Å²) >= 11 is 0. The molecule has 4 heteroatoms. The molecule has 1 fully saturated rings. The van der Waals surface area contributed by atoms with Crippen LogP contribution in [0.5, 0.6) is 11.5 Å². The maximum absolute atomic E-state index is 13.2. The first-order valence-electron chi connectivity index (χ1n) is 10.3. The van der Waals surface area contributed by atoms with Crippen LogP contribution in [-0.2, 0) is 11.3 Å². The lowest BCUT2D eigenvalue weighted by atomic mass is 9.87. The van der Waals surface area contributed by atoms with Gasteiger partial charge in [0.2, 0.25) is 5.91 Å². The Morgan fingerprint density at radius 3 is 2.07 bits per heavy atom. The first kappa shape index (κ1) is 17.8. The van der Waals surface area contributed by atoms with Crippen molar-refractivity contribution in [1.29, 1.82) is 0 Å². The molecule has 2 aliphatic rings. The Kier molecular flexibility index (Phi) is 4.68. The number of fused-ring (bicyclic) bond motifs is 2. The summed E-state index contributed by atoms with van der Waals surface area (Å²) in [6.45, 7) is 2.79. The maximum atomic E-state index is 13.2. The number of nitrogens with zero attached hydrogens (tertiary/aromatic N) is 1. The van der Waals surface area contributed by atoms with E-state index in [4.69, 9.17) is 4.74 Å². The fraction of sp³-hybridized carbons (Fsp3) is 0.240. The van der Waals surface area contributed by atoms with Crippen molar-refractivity contribution >= 4 is 11.6 Å². The van der Waals surface area contributed by atoms with E-state index in [1.807, 2.05) is 48.5 Å². The molecule has 4 nitrogen and oxygen atoms in total. The van der Waals surface area contributed by atoms with Gasteiger partial charge in [-0.3, -0.25) is 4.79 Å². The van der Waals surface area contributed by atoms with E-state index in [1.54, 1.807) is 0 Å². The molecule has 0 saturated carbocycles. The summed E-state index contributed by atoms with van der Waals surface area (Å²) in [5.41, 5.74) is 4.20. The lowest BCUT2D eigenvalue weighted by molar-refractivity contribution is -0.122. The van der Waals surface area contributed by atoms with Crippen molar-refractivity contribution in [1.82, 2.24) is 5.32 Å². The van der Waals surface area contributed by atoms with Crippen LogP contribution in [0.1, 0.15) is 35.4 Å². The maximum Gasteiger partial charge on any atom is 0.232 e. The highest BCUT2D eigenvalue weighted by atomic mass is 16.5. The summed E-state index contributed by atoms with van der Waals surface area (Å²) in [4.78, 5) is 15.6. The fourth-order valence-corrected chi connectivity index (χ4v) is 4.28. The molecule has 29 heavy (non-hydrogen) atoms. The molecule has 0 unspecified atom stereocenters. The van der Waals surface area contributed by atoms with Gasteiger partial charge >= 0.3 is 0 Å². The Morgan fingerprint density at radius 2 is 1.45 bits per heavy atom. The lowest BCUT2D eigenvalue weighted by Crippen LogP contribution is -2.31. The van der Waals surface area contributed by atoms with Gasteiger partial charge in [-0.05, 0) is 42.7 Å². The zero-order valence-electron chi connectivity index (χ0n) is 16.3. The Morgan fingerprint density at radius 1 is 0.862 bits per heavy atom. The highest BCUT2D eigenvalue weighted by molar-refractivity contribution is 5.89. The van der Waals surface area contributed by atoms with Crippen LogP contribution in [0.2, 0.25) is 0 Å². The third kappa shape index (κ3) is 3.46. The number of amides is 1. The van der Waals surface area contributed by atoms with Crippen LogP contribution in [0.3, 0.4) is 0 Å². The van der Waals surface area contributed by atoms with Gasteiger partial charge < -0.3 is 15.0 Å². The molecule has 2 aliphatic heterocycles. The molecule has 0 radical (unpaired) electrons. The zero-order valence-corrected chi connectivity index (χ0v) is 16.3. The molecule has 0 aliphatic carbocycles. The number of rotatable bonds is 4. The van der Waals surface area contributed by atoms with Crippen molar-refractivity contribution in [3.05, 3.63) is 89.5 Å². The number of carbonyl (C=O) groups excluding carboxylic acids is 1. The van der Waals surface area contributed by atoms with Gasteiger partial charge in [0.05, 0.1) is 5.92 Å². The molecule has 0 spiro atoms. The van der Waals surface area contributed by atoms with E-state index in [0.717, 1.165) is 41.3 Å². The summed E-state index contributed by atoms with van der Waals surface area (Å²) in [5.74, 6) is 1.14. The van der Waals surface area contributed by atoms with E-state index >= 15 is 0 Å². The SMILES string of the molecule is O=C(NCc1ccc(N2CCCC2)cc1)C1c2ccccc2Oc2ccccc21. The van der Waals surface area contributed by atoms with Crippen molar-refractivity contribution in [3.63, 3.8) is 0 Å². The van der Waals surface area contributed by atoms with Crippen LogP contribution in [0.15, 0.2) is 72.8 Å². The molecule has 3 aromatic rings. The summed E-state index contributed by atoms with van der Waals surface area (Å²) in [7, 11) is 0. The highest BCUT2D eigenvalue weighted by Crippen LogP contribution is 2.43. The number of nitrogens with one attached hydrogen (secondary N) is 1. The first-order valence-corrected chi connectivity index (χ1v) is 10.3. The van der Waals surface area contributed by atoms with Gasteiger partial charge in [0, 0.05) is 36.4 Å². The van der Waals surface area contributed by atoms with Crippen molar-refractivity contribution in [2.24, 2.45) is 0 Å². The molecular weight excluding hydrogens is 360 g/mol. The van der Waals surface area contributed by atoms with Crippen LogP contribution >= 0.6 is 0 Å². The van der Waals surface area contributed by atoms with E-state index in [0.29, 0.717) is 6.54 Å². The van der Waals surface area contributed by atoms with E-state index in [-0.39, 0.29) is 11.8 Å². The van der Waals surface area contributed by atoms with Gasteiger partial charge in [0.1, 0.15) is 11.5 Å². The van der Waals surface area contributed by atoms with Gasteiger partial charge in [-0.2, -0.15) is 0 Å². The van der Waals surface area contributed by atoms with Gasteiger partial charge in [-0.15, -0.1) is 0 Å². The van der Waals surface area contributed by atoms with Gasteiger partial charge in [-0.25, -0.2) is 0 Å². The molecule has 1 N–H and O–H groups in total. The van der Waals surface area contributed by atoms with Gasteiger partial charge in [0.15, 0.2) is 0 Å². The third-order valence-electron chi connectivity index (χ3n) is 5.82. The van der Waals surface area contributed by atoms with Crippen molar-refractivity contribution in [3.8, 4) is 11.5 Å². The topological polar surface area (TPSA) is 41.6 Å². The van der Waals surface area contributed by atoms with Crippen molar-refractivity contribution in [2.75, 3.05) is 18.0 Å². The van der Waals surface area contributed by atoms with E-state index in [9.17, 15) is 4.79 Å². The van der Waals surface area contributed by atoms with Crippen LogP contribution in [0.25, 0.3) is 0 Å². The summed E-state index contributed by atoms with van der Waals surface area (Å²) in [6.07, 6.45) is 2.54. The molecule has 5 rings (SSSR count). The standard InChI is InChI=1S/C25H24N2O2/c28-25(26-17-18-11-13-19(14-12-18)27-15-5-6-16-27)24-20-7-1-3-9-22(20)29-23-10-4-2-8-21(23)24/h1-4,7-14,24H,5-6,15-17H2,(H,26,28). The Hall–Kier alpha value is -3.27. The molecule has 0 atom stereocenters. The quantitative estimate of drug-likeness (QED) is 0.700. The second-order valence-corrected chi connectivity index (χ2v) is 7.69. The van der Waals surface area contributed by atoms with Gasteiger partial charge in [0.25, 0.3) is 0 Å². The predicted octanol–water partition coefficient (Wildman–Crippen LogP) is 4.84. The highest BCUT2D eigenvalue weighted by Gasteiger charge is 2.32. The Labute approximate surface area is 171 Å². The second kappa shape index (κ2) is 7.63. The number of hydrogen-bond acceptors (Lipinski definition) is 3. The normalized spacial score (nSPS) is 15.4. The minimum atomic E-state index is -0.361. The van der Waals surface area contributed by atoms with Crippen LogP contribution < -0.4 is 15.0 Å². The zero-order chi connectivity index (χ0) is 19.6. The van der Waals surface area contributed by atoms with Crippen LogP contribution in [0, 0.1) is 0 Å². The monoisotopic (exact) mass is 384 g/mol. The molecule has 3 aromatic carbocycles. The second-order valence-electron chi connectivity index (χ2n) is 7.69. The minimum Gasteiger partial charge on any atom is -0.457 e. The fourth-order valence-electron chi connectivity index (χ4n) is 4.28. The molecule has 146 valence electrons. The molecule has 1 amide bonds. The summed E-state index contributed by atoms with van der Waals surface area (Å²) < 4.78 is 6.00. The number of carbonyl (C=O) groups is 1. The van der Waals surface area contributed by atoms with E-state index < -0.39 is 0 Å². The lowest BCUT2D eigenvalue weighted by Gasteiger charge is -2.27. The van der Waals surface area contributed by atoms with Gasteiger partial charge in [-0.1, -0.05) is 48.5 Å². The van der Waals surface area contributed by atoms with E-state index in [2.05, 4.69) is 34.5 Å².